The van der Waals surface area contributed by atoms with Gasteiger partial charge in [-0.25, -0.2) is 22.8 Å². The number of ether oxygens (including phenoxy) is 1. The second-order valence-electron chi connectivity index (χ2n) is 13.0. The number of carbonyl (C=O) groups excluding carboxylic acids is 1. The lowest BCUT2D eigenvalue weighted by molar-refractivity contribution is 0.0981. The van der Waals surface area contributed by atoms with Crippen LogP contribution < -0.4 is 14.4 Å². The average molecular weight is 581 g/mol. The smallest absolute Gasteiger partial charge is 0.268 e. The maximum Gasteiger partial charge on any atom is 0.268 e. The van der Waals surface area contributed by atoms with Crippen LogP contribution in [0.4, 0.5) is 5.82 Å². The third-order valence-electron chi connectivity index (χ3n) is 9.19. The molecule has 2 bridgehead atoms. The van der Waals surface area contributed by atoms with E-state index in [2.05, 4.69) is 35.5 Å². The van der Waals surface area contributed by atoms with Gasteiger partial charge in [-0.05, 0) is 87.8 Å². The van der Waals surface area contributed by atoms with Gasteiger partial charge in [-0.1, -0.05) is 13.3 Å². The van der Waals surface area contributed by atoms with Gasteiger partial charge >= 0.3 is 0 Å². The summed E-state index contributed by atoms with van der Waals surface area (Å²) in [4.78, 5) is 20.6. The zero-order valence-electron chi connectivity index (χ0n) is 24.5. The van der Waals surface area contributed by atoms with Gasteiger partial charge in [0.1, 0.15) is 10.7 Å². The van der Waals surface area contributed by atoms with Crippen LogP contribution in [0.1, 0.15) is 68.8 Å². The van der Waals surface area contributed by atoms with Gasteiger partial charge in [0.15, 0.2) is 5.82 Å². The number of nitrogens with one attached hydrogen (secondary N) is 1. The van der Waals surface area contributed by atoms with Crippen LogP contribution in [0.2, 0.25) is 0 Å². The van der Waals surface area contributed by atoms with E-state index in [0.717, 1.165) is 18.3 Å². The quantitative estimate of drug-likeness (QED) is 0.418. The molecule has 1 unspecified atom stereocenters. The summed E-state index contributed by atoms with van der Waals surface area (Å²) in [7, 11) is -2.33. The summed E-state index contributed by atoms with van der Waals surface area (Å²) in [5, 5.41) is 4.62. The van der Waals surface area contributed by atoms with Crippen LogP contribution in [0.5, 0.6) is 5.88 Å². The molecule has 1 aliphatic heterocycles. The fourth-order valence-electron chi connectivity index (χ4n) is 7.40. The van der Waals surface area contributed by atoms with Crippen LogP contribution in [0.15, 0.2) is 41.7 Å². The number of anilines is 1. The molecule has 3 aliphatic rings. The zero-order valence-corrected chi connectivity index (χ0v) is 25.3. The molecule has 2 saturated carbocycles. The summed E-state index contributed by atoms with van der Waals surface area (Å²) >= 11 is 0. The Hall–Kier alpha value is -3.34. The number of hydrogen-bond acceptors (Lipinski definition) is 7. The summed E-state index contributed by atoms with van der Waals surface area (Å²) in [6, 6.07) is 5.17. The Labute approximate surface area is 242 Å². The molecule has 3 aromatic rings. The van der Waals surface area contributed by atoms with Gasteiger partial charge < -0.3 is 14.2 Å². The molecule has 41 heavy (non-hydrogen) atoms. The fourth-order valence-corrected chi connectivity index (χ4v) is 8.65. The summed E-state index contributed by atoms with van der Waals surface area (Å²) < 4.78 is 38.0. The number of amides is 1. The van der Waals surface area contributed by atoms with Gasteiger partial charge in [0.2, 0.25) is 5.88 Å². The molecule has 4 atom stereocenters. The minimum Gasteiger partial charge on any atom is -0.476 e. The Morgan fingerprint density at radius 2 is 1.98 bits per heavy atom. The highest BCUT2D eigenvalue weighted by Crippen LogP contribution is 2.48. The second kappa shape index (κ2) is 10.2. The van der Waals surface area contributed by atoms with Crippen molar-refractivity contribution in [3.8, 4) is 11.7 Å². The molecule has 6 rings (SSSR count). The molecule has 0 spiro atoms. The first-order valence-electron chi connectivity index (χ1n) is 14.6. The Morgan fingerprint density at radius 3 is 2.61 bits per heavy atom. The van der Waals surface area contributed by atoms with Crippen molar-refractivity contribution in [1.29, 1.82) is 0 Å². The van der Waals surface area contributed by atoms with Crippen molar-refractivity contribution in [3.63, 3.8) is 0 Å². The van der Waals surface area contributed by atoms with Crippen LogP contribution in [0, 0.1) is 30.6 Å². The molecule has 11 heteroatoms. The van der Waals surface area contributed by atoms with E-state index in [1.54, 1.807) is 41.5 Å². The first kappa shape index (κ1) is 27.8. The molecular formula is C30H40N6O4S. The Kier molecular flexibility index (Phi) is 6.91. The highest BCUT2D eigenvalue weighted by molar-refractivity contribution is 7.90. The predicted molar refractivity (Wildman–Crippen MR) is 156 cm³/mol. The highest BCUT2D eigenvalue weighted by atomic mass is 32.2. The van der Waals surface area contributed by atoms with Crippen LogP contribution in [0.25, 0.3) is 5.82 Å². The van der Waals surface area contributed by atoms with E-state index in [0.29, 0.717) is 48.1 Å². The number of aromatic nitrogens is 4. The van der Waals surface area contributed by atoms with E-state index in [9.17, 15) is 13.2 Å². The van der Waals surface area contributed by atoms with Crippen molar-refractivity contribution < 1.29 is 17.9 Å². The van der Waals surface area contributed by atoms with Gasteiger partial charge in [-0.2, -0.15) is 0 Å². The zero-order chi connectivity index (χ0) is 29.1. The number of carbonyl (C=O) groups is 1. The maximum absolute atomic E-state index is 13.5. The fraction of sp³-hybridized carbons (Fsp3) is 0.567. The van der Waals surface area contributed by atoms with Crippen LogP contribution >= 0.6 is 0 Å². The van der Waals surface area contributed by atoms with Crippen LogP contribution in [-0.2, 0) is 17.1 Å². The summed E-state index contributed by atoms with van der Waals surface area (Å²) in [6.45, 7) is 9.49. The molecule has 1 saturated heterocycles. The number of fused-ring (bicyclic) bond motifs is 2. The number of aryl methyl sites for hydroxylation is 2. The summed E-state index contributed by atoms with van der Waals surface area (Å²) in [6.07, 6.45) is 11.2. The molecular weight excluding hydrogens is 540 g/mol. The molecule has 10 nitrogen and oxygen atoms in total. The average Bonchev–Trinajstić information content (AvgIpc) is 3.72. The van der Waals surface area contributed by atoms with Crippen molar-refractivity contribution in [1.82, 2.24) is 24.1 Å². The number of sulfonamides is 1. The van der Waals surface area contributed by atoms with Gasteiger partial charge in [-0.3, -0.25) is 4.79 Å². The molecule has 3 aromatic heterocycles. The molecule has 220 valence electrons. The predicted octanol–water partition coefficient (Wildman–Crippen LogP) is 4.47. The Morgan fingerprint density at radius 1 is 1.17 bits per heavy atom. The normalized spacial score (nSPS) is 25.1. The van der Waals surface area contributed by atoms with Crippen molar-refractivity contribution in [2.75, 3.05) is 18.1 Å². The molecule has 2 aliphatic carbocycles. The van der Waals surface area contributed by atoms with Gasteiger partial charge in [0.05, 0.1) is 12.2 Å². The topological polar surface area (TPSA) is 111 Å². The summed E-state index contributed by atoms with van der Waals surface area (Å²) in [5.74, 6) is 3.46. The largest absolute Gasteiger partial charge is 0.476 e. The molecule has 3 fully saturated rings. The maximum atomic E-state index is 13.5. The standard InChI is InChI=1S/C30H40N6O4S/c1-19-14-30(3,4)35(15-19)28-24(29(37)33-41(38,39)25-17-34(5)16-20(25)2)8-9-26(31-28)36-11-10-27(32-36)40-18-23-13-21-6-7-22(23)12-21/h8-11,16-17,19,21-23H,6-7,12-15,18H2,1-5H3,(H,33,37)/t19-,21+,22-,23?/m0/s1. The van der Waals surface area contributed by atoms with Crippen molar-refractivity contribution in [3.05, 3.63) is 47.9 Å². The molecule has 0 radical (unpaired) electrons. The van der Waals surface area contributed by atoms with Crippen molar-refractivity contribution in [2.24, 2.45) is 30.7 Å². The van der Waals surface area contributed by atoms with E-state index in [-0.39, 0.29) is 16.0 Å². The molecule has 0 aromatic carbocycles. The lowest BCUT2D eigenvalue weighted by Crippen LogP contribution is -2.41. The Bertz CT molecular complexity index is 1570. The lowest BCUT2D eigenvalue weighted by atomic mass is 9.90. The van der Waals surface area contributed by atoms with Gasteiger partial charge in [0, 0.05) is 43.8 Å². The van der Waals surface area contributed by atoms with E-state index < -0.39 is 15.9 Å². The first-order chi connectivity index (χ1) is 19.4. The van der Waals surface area contributed by atoms with Crippen molar-refractivity contribution in [2.45, 2.75) is 70.2 Å². The SMILES string of the molecule is Cc1cn(C)cc1S(=O)(=O)NC(=O)c1ccc(-n2ccc(OCC3C[C@@H]4CC[C@H]3C4)n2)nc1N1C[C@@H](C)CC1(C)C. The van der Waals surface area contributed by atoms with E-state index >= 15 is 0 Å². The minimum absolute atomic E-state index is 0.0732. The van der Waals surface area contributed by atoms with Gasteiger partial charge in [-0.15, -0.1) is 5.10 Å². The third kappa shape index (κ3) is 5.36. The molecule has 1 amide bonds. The lowest BCUT2D eigenvalue weighted by Gasteiger charge is -2.34. The highest BCUT2D eigenvalue weighted by Gasteiger charge is 2.41. The number of nitrogens with zero attached hydrogens (tertiary/aromatic N) is 5. The third-order valence-corrected chi connectivity index (χ3v) is 10.6. The number of rotatable bonds is 8. The number of pyridine rings is 1. The van der Waals surface area contributed by atoms with Gasteiger partial charge in [0.25, 0.3) is 15.9 Å². The Balaban J connectivity index is 1.27. The molecule has 1 N–H and O–H groups in total. The second-order valence-corrected chi connectivity index (χ2v) is 14.7. The molecule has 4 heterocycles. The van der Waals surface area contributed by atoms with Crippen molar-refractivity contribution >= 4 is 21.7 Å². The monoisotopic (exact) mass is 580 g/mol. The minimum atomic E-state index is -4.07. The van der Waals surface area contributed by atoms with E-state index in [1.807, 2.05) is 12.3 Å². The van der Waals surface area contributed by atoms with E-state index in [4.69, 9.17) is 9.72 Å². The first-order valence-corrected chi connectivity index (χ1v) is 16.0. The van der Waals surface area contributed by atoms with E-state index in [1.165, 1.54) is 31.9 Å². The number of hydrogen-bond donors (Lipinski definition) is 1. The van der Waals surface area contributed by atoms with Crippen LogP contribution in [-0.4, -0.2) is 52.3 Å². The summed E-state index contributed by atoms with van der Waals surface area (Å²) in [5.41, 5.74) is 0.495. The van der Waals surface area contributed by atoms with Crippen LogP contribution in [0.3, 0.4) is 0 Å².